The summed E-state index contributed by atoms with van der Waals surface area (Å²) >= 11 is 0. The number of ether oxygens (including phenoxy) is 3. The Labute approximate surface area is 200 Å². The highest BCUT2D eigenvalue weighted by Gasteiger charge is 2.52. The molecule has 9 heteroatoms. The summed E-state index contributed by atoms with van der Waals surface area (Å²) in [5, 5.41) is 0. The highest BCUT2D eigenvalue weighted by Crippen LogP contribution is 2.52. The second-order valence-electron chi connectivity index (χ2n) is 8.82. The van der Waals surface area contributed by atoms with Gasteiger partial charge in [-0.25, -0.2) is 4.98 Å². The fraction of sp³-hybridized carbons (Fsp3) is 0.308. The summed E-state index contributed by atoms with van der Waals surface area (Å²) in [6.45, 7) is 3.32. The van der Waals surface area contributed by atoms with Crippen LogP contribution in [0.4, 0.5) is 8.78 Å². The Kier molecular flexibility index (Phi) is 5.30. The quantitative estimate of drug-likeness (QED) is 0.448. The number of pyridine rings is 2. The summed E-state index contributed by atoms with van der Waals surface area (Å²) in [5.41, 5.74) is 2.89. The number of aromatic nitrogens is 2. The SMILES string of the molecule is COc1ncc(-c2nc(CC(=O)C3(c4ccc5c(c4)OC(F)(F)O5)CC3)ccc2C)cc1C(C)=O. The van der Waals surface area contributed by atoms with Crippen LogP contribution in [0.3, 0.4) is 0 Å². The van der Waals surface area contributed by atoms with Gasteiger partial charge < -0.3 is 14.2 Å². The molecule has 3 aromatic rings. The Morgan fingerprint density at radius 1 is 1.09 bits per heavy atom. The van der Waals surface area contributed by atoms with Crippen molar-refractivity contribution >= 4 is 11.6 Å². The van der Waals surface area contributed by atoms with Crippen molar-refractivity contribution in [1.29, 1.82) is 0 Å². The van der Waals surface area contributed by atoms with E-state index in [1.54, 1.807) is 24.4 Å². The largest absolute Gasteiger partial charge is 0.586 e. The minimum absolute atomic E-state index is 0.0510. The molecule has 0 saturated heterocycles. The van der Waals surface area contributed by atoms with Crippen molar-refractivity contribution in [2.45, 2.75) is 44.8 Å². The molecule has 1 saturated carbocycles. The predicted molar refractivity (Wildman–Crippen MR) is 121 cm³/mol. The normalized spacial score (nSPS) is 16.6. The van der Waals surface area contributed by atoms with Gasteiger partial charge in [-0.3, -0.25) is 14.6 Å². The van der Waals surface area contributed by atoms with Crippen LogP contribution in [0.15, 0.2) is 42.6 Å². The Bertz CT molecular complexity index is 1370. The van der Waals surface area contributed by atoms with Gasteiger partial charge in [0.05, 0.1) is 23.8 Å². The smallest absolute Gasteiger partial charge is 0.480 e. The topological polar surface area (TPSA) is 87.6 Å². The lowest BCUT2D eigenvalue weighted by Crippen LogP contribution is -2.26. The van der Waals surface area contributed by atoms with Gasteiger partial charge in [0.1, 0.15) is 5.78 Å². The third kappa shape index (κ3) is 4.11. The van der Waals surface area contributed by atoms with E-state index in [1.165, 1.54) is 26.2 Å². The third-order valence-electron chi connectivity index (χ3n) is 6.43. The van der Waals surface area contributed by atoms with E-state index in [9.17, 15) is 18.4 Å². The number of benzene rings is 1. The second-order valence-corrected chi connectivity index (χ2v) is 8.82. The van der Waals surface area contributed by atoms with Gasteiger partial charge in [-0.1, -0.05) is 12.1 Å². The van der Waals surface area contributed by atoms with E-state index < -0.39 is 11.7 Å². The zero-order valence-corrected chi connectivity index (χ0v) is 19.4. The zero-order chi connectivity index (χ0) is 25.0. The van der Waals surface area contributed by atoms with Crippen LogP contribution >= 0.6 is 0 Å². The number of alkyl halides is 2. The average molecular weight is 480 g/mol. The minimum Gasteiger partial charge on any atom is -0.480 e. The number of ketones is 2. The van der Waals surface area contributed by atoms with E-state index in [0.717, 1.165) is 5.56 Å². The highest BCUT2D eigenvalue weighted by atomic mass is 19.3. The molecular formula is C26H22F2N2O5. The maximum atomic E-state index is 13.4. The fourth-order valence-electron chi connectivity index (χ4n) is 4.39. The van der Waals surface area contributed by atoms with Gasteiger partial charge in [-0.15, -0.1) is 8.78 Å². The van der Waals surface area contributed by atoms with Gasteiger partial charge in [0.2, 0.25) is 5.88 Å². The van der Waals surface area contributed by atoms with Gasteiger partial charge >= 0.3 is 6.29 Å². The molecule has 35 heavy (non-hydrogen) atoms. The number of fused-ring (bicyclic) bond motifs is 1. The van der Waals surface area contributed by atoms with Crippen molar-refractivity contribution in [1.82, 2.24) is 9.97 Å². The molecule has 0 spiro atoms. The zero-order valence-electron chi connectivity index (χ0n) is 19.4. The van der Waals surface area contributed by atoms with Crippen LogP contribution in [0.25, 0.3) is 11.3 Å². The van der Waals surface area contributed by atoms with Crippen molar-refractivity contribution in [3.63, 3.8) is 0 Å². The standard InChI is InChI=1S/C26H22F2N2O5/c1-14-4-6-18(30-23(14)16-10-19(15(2)31)24(33-3)29-13-16)12-22(32)25(8-9-25)17-5-7-20-21(11-17)35-26(27,28)34-20/h4-7,10-11,13H,8-9,12H2,1-3H3. The maximum Gasteiger partial charge on any atom is 0.586 e. The predicted octanol–water partition coefficient (Wildman–Crippen LogP) is 4.83. The first-order valence-corrected chi connectivity index (χ1v) is 11.1. The lowest BCUT2D eigenvalue weighted by Gasteiger charge is -2.16. The summed E-state index contributed by atoms with van der Waals surface area (Å²) in [7, 11) is 1.45. The van der Waals surface area contributed by atoms with Crippen molar-refractivity contribution in [2.75, 3.05) is 7.11 Å². The number of hydrogen-bond acceptors (Lipinski definition) is 7. The molecule has 1 aliphatic heterocycles. The van der Waals surface area contributed by atoms with Crippen molar-refractivity contribution in [3.05, 3.63) is 65.0 Å². The molecule has 1 aromatic carbocycles. The maximum absolute atomic E-state index is 13.4. The number of methoxy groups -OCH3 is 1. The van der Waals surface area contributed by atoms with Crippen molar-refractivity contribution < 1.29 is 32.6 Å². The second kappa shape index (κ2) is 8.11. The van der Waals surface area contributed by atoms with E-state index in [4.69, 9.17) is 9.72 Å². The van der Waals surface area contributed by atoms with E-state index in [2.05, 4.69) is 14.5 Å². The van der Waals surface area contributed by atoms with Crippen LogP contribution in [0.2, 0.25) is 0 Å². The van der Waals surface area contributed by atoms with E-state index in [-0.39, 0.29) is 35.4 Å². The Morgan fingerprint density at radius 3 is 2.51 bits per heavy atom. The number of hydrogen-bond donors (Lipinski definition) is 0. The first-order valence-electron chi connectivity index (χ1n) is 11.1. The van der Waals surface area contributed by atoms with E-state index >= 15 is 0 Å². The number of nitrogens with zero attached hydrogens (tertiary/aromatic N) is 2. The number of rotatable bonds is 7. The van der Waals surface area contributed by atoms with Crippen molar-refractivity contribution in [2.24, 2.45) is 0 Å². The molecule has 180 valence electrons. The summed E-state index contributed by atoms with van der Waals surface area (Å²) in [4.78, 5) is 34.3. The van der Waals surface area contributed by atoms with Crippen molar-refractivity contribution in [3.8, 4) is 28.6 Å². The van der Waals surface area contributed by atoms with Gasteiger partial charge in [0.25, 0.3) is 0 Å². The Balaban J connectivity index is 1.41. The number of halogens is 2. The van der Waals surface area contributed by atoms with Gasteiger partial charge in [0.15, 0.2) is 17.3 Å². The molecule has 1 aliphatic carbocycles. The number of Topliss-reactive ketones (excluding diaryl/α,β-unsaturated/α-hetero) is 2. The average Bonchev–Trinajstić information content (AvgIpc) is 3.57. The molecule has 2 aliphatic rings. The monoisotopic (exact) mass is 480 g/mol. The molecule has 0 bridgehead atoms. The molecule has 0 N–H and O–H groups in total. The summed E-state index contributed by atoms with van der Waals surface area (Å²) in [6, 6.07) is 9.83. The first-order chi connectivity index (χ1) is 16.6. The summed E-state index contributed by atoms with van der Waals surface area (Å²) in [5.74, 6) is -0.122. The highest BCUT2D eigenvalue weighted by molar-refractivity contribution is 5.97. The van der Waals surface area contributed by atoms with Gasteiger partial charge in [-0.05, 0) is 62.1 Å². The minimum atomic E-state index is -3.71. The van der Waals surface area contributed by atoms with Crippen LogP contribution < -0.4 is 14.2 Å². The molecule has 0 unspecified atom stereocenters. The van der Waals surface area contributed by atoms with Crippen LogP contribution in [0, 0.1) is 6.92 Å². The van der Waals surface area contributed by atoms with E-state index in [1.807, 2.05) is 13.0 Å². The lowest BCUT2D eigenvalue weighted by molar-refractivity contribution is -0.286. The molecule has 7 nitrogen and oxygen atoms in total. The lowest BCUT2D eigenvalue weighted by atomic mass is 9.88. The number of aryl methyl sites for hydroxylation is 1. The van der Waals surface area contributed by atoms with E-state index in [0.29, 0.717) is 40.9 Å². The molecule has 0 amide bonds. The van der Waals surface area contributed by atoms with Gasteiger partial charge in [0, 0.05) is 23.9 Å². The Hall–Kier alpha value is -3.88. The summed E-state index contributed by atoms with van der Waals surface area (Å²) in [6.07, 6.45) is -0.823. The molecule has 3 heterocycles. The molecule has 0 atom stereocenters. The molecule has 5 rings (SSSR count). The number of carbonyl (C=O) groups excluding carboxylic acids is 2. The van der Waals surface area contributed by atoms with Crippen LogP contribution in [-0.2, 0) is 16.6 Å². The van der Waals surface area contributed by atoms with Crippen LogP contribution in [-0.4, -0.2) is 34.9 Å². The third-order valence-corrected chi connectivity index (χ3v) is 6.43. The number of carbonyl (C=O) groups is 2. The van der Waals surface area contributed by atoms with Crippen LogP contribution in [0.1, 0.15) is 46.9 Å². The molecule has 2 aromatic heterocycles. The summed E-state index contributed by atoms with van der Waals surface area (Å²) < 4.78 is 41.0. The van der Waals surface area contributed by atoms with Gasteiger partial charge in [-0.2, -0.15) is 0 Å². The fourth-order valence-corrected chi connectivity index (χ4v) is 4.39. The molecule has 0 radical (unpaired) electrons. The first kappa shape index (κ1) is 22.9. The van der Waals surface area contributed by atoms with Crippen LogP contribution in [0.5, 0.6) is 17.4 Å². The molecule has 1 fully saturated rings. The Morgan fingerprint density at radius 2 is 1.83 bits per heavy atom. The molecular weight excluding hydrogens is 458 g/mol.